The Morgan fingerprint density at radius 3 is 2.43 bits per heavy atom. The van der Waals surface area contributed by atoms with E-state index in [1.807, 2.05) is 4.90 Å². The molecule has 7 heteroatoms. The van der Waals surface area contributed by atoms with Gasteiger partial charge in [0.25, 0.3) is 0 Å². The predicted octanol–water partition coefficient (Wildman–Crippen LogP) is 1.50. The molecule has 0 atom stereocenters. The summed E-state index contributed by atoms with van der Waals surface area (Å²) in [6, 6.07) is 1.68. The minimum absolute atomic E-state index is 0.113. The van der Waals surface area contributed by atoms with E-state index < -0.39 is 0 Å². The van der Waals surface area contributed by atoms with Gasteiger partial charge in [-0.15, -0.1) is 0 Å². The van der Waals surface area contributed by atoms with Gasteiger partial charge in [0.1, 0.15) is 5.76 Å². The van der Waals surface area contributed by atoms with Crippen LogP contribution in [0.3, 0.4) is 0 Å². The molecule has 1 aliphatic rings. The number of carbonyl (C=O) groups is 2. The number of rotatable bonds is 6. The maximum absolute atomic E-state index is 12.3. The maximum Gasteiger partial charge on any atom is 0.239 e. The number of amides is 2. The average Bonchev–Trinajstić information content (AvgIpc) is 2.94. The lowest BCUT2D eigenvalue weighted by Gasteiger charge is -2.35. The van der Waals surface area contributed by atoms with Crippen molar-refractivity contribution >= 4 is 17.6 Å². The highest BCUT2D eigenvalue weighted by Gasteiger charge is 2.26. The van der Waals surface area contributed by atoms with Gasteiger partial charge in [0.15, 0.2) is 5.82 Å². The van der Waals surface area contributed by atoms with Gasteiger partial charge in [0.2, 0.25) is 11.8 Å². The Kier molecular flexibility index (Phi) is 6.15. The van der Waals surface area contributed by atoms with Crippen LogP contribution in [0.4, 0.5) is 5.82 Å². The van der Waals surface area contributed by atoms with Crippen LogP contribution in [0.15, 0.2) is 10.6 Å². The number of carbonyl (C=O) groups excluding carboxylic acids is 2. The molecule has 1 aromatic rings. The van der Waals surface area contributed by atoms with E-state index >= 15 is 0 Å². The third-order valence-electron chi connectivity index (χ3n) is 4.28. The molecule has 1 saturated heterocycles. The summed E-state index contributed by atoms with van der Waals surface area (Å²) in [6.45, 7) is 9.00. The van der Waals surface area contributed by atoms with Crippen molar-refractivity contribution in [3.63, 3.8) is 0 Å². The second-order valence-corrected chi connectivity index (χ2v) is 5.99. The lowest BCUT2D eigenvalue weighted by atomic mass is 10.0. The number of nitrogens with zero attached hydrogens (tertiary/aromatic N) is 3. The van der Waals surface area contributed by atoms with Gasteiger partial charge in [-0.1, -0.05) is 19.0 Å². The zero-order chi connectivity index (χ0) is 16.8. The lowest BCUT2D eigenvalue weighted by Crippen LogP contribution is -2.51. The molecule has 1 aromatic heterocycles. The molecule has 0 bridgehead atoms. The fourth-order valence-corrected chi connectivity index (χ4v) is 2.83. The molecular formula is C16H26N4O3. The van der Waals surface area contributed by atoms with Gasteiger partial charge in [-0.05, 0) is 19.8 Å². The minimum atomic E-state index is -0.113. The van der Waals surface area contributed by atoms with Gasteiger partial charge in [-0.25, -0.2) is 0 Å². The second-order valence-electron chi connectivity index (χ2n) is 5.99. The predicted molar refractivity (Wildman–Crippen MR) is 87.0 cm³/mol. The maximum atomic E-state index is 12.3. The zero-order valence-electron chi connectivity index (χ0n) is 14.2. The summed E-state index contributed by atoms with van der Waals surface area (Å²) in [5.41, 5.74) is 0. The number of nitrogens with one attached hydrogen (secondary N) is 1. The molecule has 2 amide bonds. The summed E-state index contributed by atoms with van der Waals surface area (Å²) in [5.74, 6) is 1.36. The highest BCUT2D eigenvalue weighted by molar-refractivity contribution is 5.91. The fraction of sp³-hybridized carbons (Fsp3) is 0.688. The average molecular weight is 322 g/mol. The first kappa shape index (κ1) is 17.5. The number of aryl methyl sites for hydroxylation is 1. The van der Waals surface area contributed by atoms with E-state index in [9.17, 15) is 9.59 Å². The van der Waals surface area contributed by atoms with Crippen molar-refractivity contribution in [3.05, 3.63) is 11.8 Å². The summed E-state index contributed by atoms with van der Waals surface area (Å²) >= 11 is 0. The summed E-state index contributed by atoms with van der Waals surface area (Å²) in [5, 5.41) is 6.46. The molecule has 0 unspecified atom stereocenters. The quantitative estimate of drug-likeness (QED) is 0.859. The van der Waals surface area contributed by atoms with Crippen LogP contribution in [-0.4, -0.2) is 59.5 Å². The van der Waals surface area contributed by atoms with Gasteiger partial charge in [0, 0.05) is 38.2 Å². The summed E-state index contributed by atoms with van der Waals surface area (Å²) in [4.78, 5) is 28.3. The first-order valence-corrected chi connectivity index (χ1v) is 8.27. The van der Waals surface area contributed by atoms with Crippen molar-refractivity contribution in [1.29, 1.82) is 0 Å². The third kappa shape index (κ3) is 4.79. The molecule has 0 aliphatic carbocycles. The van der Waals surface area contributed by atoms with E-state index in [0.29, 0.717) is 31.2 Å². The first-order chi connectivity index (χ1) is 11.0. The summed E-state index contributed by atoms with van der Waals surface area (Å²) in [6.07, 6.45) is 1.77. The topological polar surface area (TPSA) is 78.7 Å². The summed E-state index contributed by atoms with van der Waals surface area (Å²) < 4.78 is 4.92. The normalized spacial score (nSPS) is 15.9. The van der Waals surface area contributed by atoms with Crippen molar-refractivity contribution in [2.75, 3.05) is 38.0 Å². The van der Waals surface area contributed by atoms with Gasteiger partial charge < -0.3 is 14.7 Å². The van der Waals surface area contributed by atoms with Gasteiger partial charge in [0.05, 0.1) is 6.54 Å². The Balaban J connectivity index is 1.76. The molecule has 1 aliphatic heterocycles. The van der Waals surface area contributed by atoms with Crippen LogP contribution in [0.5, 0.6) is 0 Å². The number of anilines is 1. The highest BCUT2D eigenvalue weighted by Crippen LogP contribution is 2.14. The lowest BCUT2D eigenvalue weighted by molar-refractivity contribution is -0.137. The zero-order valence-corrected chi connectivity index (χ0v) is 14.2. The Labute approximate surface area is 137 Å². The smallest absolute Gasteiger partial charge is 0.239 e. The highest BCUT2D eigenvalue weighted by atomic mass is 16.5. The molecule has 2 heterocycles. The third-order valence-corrected chi connectivity index (χ3v) is 4.28. The van der Waals surface area contributed by atoms with Crippen LogP contribution >= 0.6 is 0 Å². The van der Waals surface area contributed by atoms with E-state index in [4.69, 9.17) is 4.52 Å². The van der Waals surface area contributed by atoms with Crippen molar-refractivity contribution in [2.24, 2.45) is 5.92 Å². The number of hydrogen-bond acceptors (Lipinski definition) is 5. The Morgan fingerprint density at radius 2 is 1.91 bits per heavy atom. The molecule has 1 fully saturated rings. The Morgan fingerprint density at radius 1 is 1.26 bits per heavy atom. The number of hydrogen-bond donors (Lipinski definition) is 1. The van der Waals surface area contributed by atoms with E-state index in [1.54, 1.807) is 13.0 Å². The molecule has 2 rings (SSSR count). The minimum Gasteiger partial charge on any atom is -0.360 e. The van der Waals surface area contributed by atoms with Crippen LogP contribution in [0.2, 0.25) is 0 Å². The standard InChI is InChI=1S/C16H26N4O3/c1-4-13(5-2)16(22)20-8-6-19(7-9-20)11-15(21)17-14-10-12(3)23-18-14/h10,13H,4-9,11H2,1-3H3,(H,17,18,21). The molecule has 0 aromatic carbocycles. The monoisotopic (exact) mass is 322 g/mol. The SMILES string of the molecule is CCC(CC)C(=O)N1CCN(CC(=O)Nc2cc(C)on2)CC1. The molecule has 1 N–H and O–H groups in total. The van der Waals surface area contributed by atoms with Gasteiger partial charge in [-0.2, -0.15) is 0 Å². The largest absolute Gasteiger partial charge is 0.360 e. The van der Waals surface area contributed by atoms with Crippen molar-refractivity contribution in [1.82, 2.24) is 15.0 Å². The number of piperazine rings is 1. The molecule has 0 spiro atoms. The molecule has 23 heavy (non-hydrogen) atoms. The van der Waals surface area contributed by atoms with Crippen molar-refractivity contribution in [2.45, 2.75) is 33.6 Å². The second kappa shape index (κ2) is 8.10. The first-order valence-electron chi connectivity index (χ1n) is 8.27. The van der Waals surface area contributed by atoms with E-state index in [2.05, 4.69) is 29.2 Å². The van der Waals surface area contributed by atoms with Crippen LogP contribution in [-0.2, 0) is 9.59 Å². The van der Waals surface area contributed by atoms with Gasteiger partial charge >= 0.3 is 0 Å². The van der Waals surface area contributed by atoms with Crippen LogP contribution in [0.1, 0.15) is 32.4 Å². The van der Waals surface area contributed by atoms with Crippen molar-refractivity contribution < 1.29 is 14.1 Å². The van der Waals surface area contributed by atoms with Crippen LogP contribution < -0.4 is 5.32 Å². The Bertz CT molecular complexity index is 531. The van der Waals surface area contributed by atoms with E-state index in [0.717, 1.165) is 25.9 Å². The van der Waals surface area contributed by atoms with Gasteiger partial charge in [-0.3, -0.25) is 14.5 Å². The van der Waals surface area contributed by atoms with Crippen molar-refractivity contribution in [3.8, 4) is 0 Å². The summed E-state index contributed by atoms with van der Waals surface area (Å²) in [7, 11) is 0. The fourth-order valence-electron chi connectivity index (χ4n) is 2.83. The molecule has 0 radical (unpaired) electrons. The van der Waals surface area contributed by atoms with E-state index in [1.165, 1.54) is 0 Å². The Hall–Kier alpha value is -1.89. The van der Waals surface area contributed by atoms with Crippen LogP contribution in [0.25, 0.3) is 0 Å². The molecular weight excluding hydrogens is 296 g/mol. The van der Waals surface area contributed by atoms with Crippen LogP contribution in [0, 0.1) is 12.8 Å². The van der Waals surface area contributed by atoms with E-state index in [-0.39, 0.29) is 17.7 Å². The number of aromatic nitrogens is 1. The molecule has 128 valence electrons. The molecule has 0 saturated carbocycles. The molecule has 7 nitrogen and oxygen atoms in total.